The SMILES string of the molecule is Cc1ccc(/C=C2\SC(=Nc3ccc(C)cc3O)NC2=O)cc1. The minimum atomic E-state index is -0.180. The summed E-state index contributed by atoms with van der Waals surface area (Å²) in [5.74, 6) is -0.0794. The first-order valence-corrected chi connectivity index (χ1v) is 7.99. The molecule has 1 fully saturated rings. The van der Waals surface area contributed by atoms with Crippen LogP contribution in [0.4, 0.5) is 5.69 Å². The largest absolute Gasteiger partial charge is 0.506 e. The van der Waals surface area contributed by atoms with Crippen molar-refractivity contribution in [1.29, 1.82) is 0 Å². The summed E-state index contributed by atoms with van der Waals surface area (Å²) in [5, 5.41) is 13.1. The van der Waals surface area contributed by atoms with Crippen LogP contribution in [0.15, 0.2) is 52.4 Å². The van der Waals surface area contributed by atoms with Crippen LogP contribution in [0.5, 0.6) is 5.75 Å². The molecular formula is C18H16N2O2S. The van der Waals surface area contributed by atoms with Gasteiger partial charge in [0, 0.05) is 0 Å². The Morgan fingerprint density at radius 3 is 2.48 bits per heavy atom. The molecule has 0 saturated carbocycles. The van der Waals surface area contributed by atoms with Crippen LogP contribution in [0.2, 0.25) is 0 Å². The molecule has 1 saturated heterocycles. The highest BCUT2D eigenvalue weighted by Crippen LogP contribution is 2.32. The second-order valence-electron chi connectivity index (χ2n) is 5.38. The van der Waals surface area contributed by atoms with Gasteiger partial charge in [-0.2, -0.15) is 0 Å². The zero-order valence-electron chi connectivity index (χ0n) is 12.8. The first-order valence-electron chi connectivity index (χ1n) is 7.17. The van der Waals surface area contributed by atoms with E-state index in [-0.39, 0.29) is 11.7 Å². The van der Waals surface area contributed by atoms with E-state index >= 15 is 0 Å². The highest BCUT2D eigenvalue weighted by atomic mass is 32.2. The second kappa shape index (κ2) is 6.30. The normalized spacial score (nSPS) is 17.7. The lowest BCUT2D eigenvalue weighted by molar-refractivity contribution is -0.115. The third-order valence-corrected chi connectivity index (χ3v) is 4.29. The van der Waals surface area contributed by atoms with E-state index < -0.39 is 0 Å². The van der Waals surface area contributed by atoms with E-state index in [4.69, 9.17) is 0 Å². The van der Waals surface area contributed by atoms with E-state index in [0.29, 0.717) is 15.8 Å². The number of hydrogen-bond donors (Lipinski definition) is 2. The number of phenols is 1. The van der Waals surface area contributed by atoms with E-state index in [1.165, 1.54) is 17.3 Å². The number of thioether (sulfide) groups is 1. The Balaban J connectivity index is 1.84. The molecule has 2 aromatic rings. The van der Waals surface area contributed by atoms with Crippen molar-refractivity contribution in [1.82, 2.24) is 5.32 Å². The predicted octanol–water partition coefficient (Wildman–Crippen LogP) is 3.90. The quantitative estimate of drug-likeness (QED) is 0.824. The number of benzene rings is 2. The summed E-state index contributed by atoms with van der Waals surface area (Å²) in [4.78, 5) is 16.9. The first kappa shape index (κ1) is 15.4. The second-order valence-corrected chi connectivity index (χ2v) is 6.42. The van der Waals surface area contributed by atoms with Gasteiger partial charge in [0.05, 0.1) is 4.91 Å². The summed E-state index contributed by atoms with van der Waals surface area (Å²) in [5.41, 5.74) is 3.53. The fourth-order valence-corrected chi connectivity index (χ4v) is 2.97. The van der Waals surface area contributed by atoms with Gasteiger partial charge in [0.25, 0.3) is 5.91 Å². The molecular weight excluding hydrogens is 308 g/mol. The van der Waals surface area contributed by atoms with Gasteiger partial charge < -0.3 is 10.4 Å². The number of amides is 1. The summed E-state index contributed by atoms with van der Waals surface area (Å²) in [6.45, 7) is 3.91. The summed E-state index contributed by atoms with van der Waals surface area (Å²) in [7, 11) is 0. The van der Waals surface area contributed by atoms with Crippen molar-refractivity contribution in [2.45, 2.75) is 13.8 Å². The fraction of sp³-hybridized carbons (Fsp3) is 0.111. The standard InChI is InChI=1S/C18H16N2O2S/c1-11-3-6-13(7-4-11)10-16-17(22)20-18(23-16)19-14-8-5-12(2)9-15(14)21/h3-10,21H,1-2H3,(H,19,20,22)/b16-10-. The van der Waals surface area contributed by atoms with Gasteiger partial charge in [-0.25, -0.2) is 4.99 Å². The number of amidine groups is 1. The maximum Gasteiger partial charge on any atom is 0.264 e. The van der Waals surface area contributed by atoms with E-state index in [0.717, 1.165) is 11.1 Å². The molecule has 116 valence electrons. The lowest BCUT2D eigenvalue weighted by Crippen LogP contribution is -2.19. The topological polar surface area (TPSA) is 61.7 Å². The third kappa shape index (κ3) is 3.63. The van der Waals surface area contributed by atoms with Crippen LogP contribution in [0.1, 0.15) is 16.7 Å². The average Bonchev–Trinajstić information content (AvgIpc) is 2.84. The van der Waals surface area contributed by atoms with Crippen molar-refractivity contribution in [3.8, 4) is 5.75 Å². The number of nitrogens with zero attached hydrogens (tertiary/aromatic N) is 1. The Labute approximate surface area is 139 Å². The Bertz CT molecular complexity index is 823. The summed E-state index contributed by atoms with van der Waals surface area (Å²) in [6.07, 6.45) is 1.83. The molecule has 2 N–H and O–H groups in total. The molecule has 0 spiro atoms. The molecule has 1 heterocycles. The number of nitrogens with one attached hydrogen (secondary N) is 1. The third-order valence-electron chi connectivity index (χ3n) is 3.38. The average molecular weight is 324 g/mol. The van der Waals surface area contributed by atoms with Crippen LogP contribution in [0.3, 0.4) is 0 Å². The van der Waals surface area contributed by atoms with Crippen LogP contribution in [0.25, 0.3) is 6.08 Å². The van der Waals surface area contributed by atoms with Crippen molar-refractivity contribution in [2.24, 2.45) is 4.99 Å². The molecule has 4 nitrogen and oxygen atoms in total. The summed E-state index contributed by atoms with van der Waals surface area (Å²) < 4.78 is 0. The molecule has 0 unspecified atom stereocenters. The first-order chi connectivity index (χ1) is 11.0. The highest BCUT2D eigenvalue weighted by molar-refractivity contribution is 8.18. The number of hydrogen-bond acceptors (Lipinski definition) is 4. The lowest BCUT2D eigenvalue weighted by Gasteiger charge is -2.01. The molecule has 5 heteroatoms. The Morgan fingerprint density at radius 2 is 1.78 bits per heavy atom. The maximum absolute atomic E-state index is 12.0. The smallest absolute Gasteiger partial charge is 0.264 e. The Morgan fingerprint density at radius 1 is 1.09 bits per heavy atom. The van der Waals surface area contributed by atoms with Crippen LogP contribution >= 0.6 is 11.8 Å². The molecule has 2 aromatic carbocycles. The van der Waals surface area contributed by atoms with Gasteiger partial charge in [-0.05, 0) is 54.9 Å². The van der Waals surface area contributed by atoms with Gasteiger partial charge in [0.15, 0.2) is 5.17 Å². The van der Waals surface area contributed by atoms with E-state index in [1.54, 1.807) is 12.1 Å². The van der Waals surface area contributed by atoms with E-state index in [2.05, 4.69) is 10.3 Å². The Hall–Kier alpha value is -2.53. The van der Waals surface area contributed by atoms with Crippen molar-refractivity contribution in [3.05, 3.63) is 64.1 Å². The van der Waals surface area contributed by atoms with Gasteiger partial charge in [-0.1, -0.05) is 35.9 Å². The fourth-order valence-electron chi connectivity index (χ4n) is 2.13. The number of rotatable bonds is 2. The van der Waals surface area contributed by atoms with Crippen molar-refractivity contribution >= 4 is 34.6 Å². The minimum Gasteiger partial charge on any atom is -0.506 e. The summed E-state index contributed by atoms with van der Waals surface area (Å²) >= 11 is 1.26. The van der Waals surface area contributed by atoms with Crippen molar-refractivity contribution < 1.29 is 9.90 Å². The molecule has 0 aromatic heterocycles. The zero-order valence-corrected chi connectivity index (χ0v) is 13.6. The maximum atomic E-state index is 12.0. The zero-order chi connectivity index (χ0) is 16.4. The molecule has 1 amide bonds. The van der Waals surface area contributed by atoms with Gasteiger partial charge in [-0.15, -0.1) is 0 Å². The van der Waals surface area contributed by atoms with Gasteiger partial charge >= 0.3 is 0 Å². The molecule has 1 aliphatic rings. The van der Waals surface area contributed by atoms with Gasteiger partial charge in [0.2, 0.25) is 0 Å². The number of phenolic OH excluding ortho intramolecular Hbond substituents is 1. The van der Waals surface area contributed by atoms with Crippen LogP contribution < -0.4 is 5.32 Å². The number of aromatic hydroxyl groups is 1. The highest BCUT2D eigenvalue weighted by Gasteiger charge is 2.24. The van der Waals surface area contributed by atoms with Crippen LogP contribution in [0, 0.1) is 13.8 Å². The molecule has 0 atom stereocenters. The van der Waals surface area contributed by atoms with E-state index in [1.807, 2.05) is 50.3 Å². The van der Waals surface area contributed by atoms with Gasteiger partial charge in [-0.3, -0.25) is 4.79 Å². The van der Waals surface area contributed by atoms with Gasteiger partial charge in [0.1, 0.15) is 11.4 Å². The molecule has 23 heavy (non-hydrogen) atoms. The molecule has 1 aliphatic heterocycles. The van der Waals surface area contributed by atoms with Crippen molar-refractivity contribution in [2.75, 3.05) is 0 Å². The summed E-state index contributed by atoms with van der Waals surface area (Å²) in [6, 6.07) is 13.2. The van der Waals surface area contributed by atoms with E-state index in [9.17, 15) is 9.90 Å². The van der Waals surface area contributed by atoms with Crippen LogP contribution in [-0.2, 0) is 4.79 Å². The minimum absolute atomic E-state index is 0.100. The Kier molecular flexibility index (Phi) is 4.21. The van der Waals surface area contributed by atoms with Crippen molar-refractivity contribution in [3.63, 3.8) is 0 Å². The number of carbonyl (C=O) groups excluding carboxylic acids is 1. The lowest BCUT2D eigenvalue weighted by atomic mass is 10.1. The molecule has 0 radical (unpaired) electrons. The number of aliphatic imine (C=N–C) groups is 1. The van der Waals surface area contributed by atoms with Crippen LogP contribution in [-0.4, -0.2) is 16.2 Å². The molecule has 3 rings (SSSR count). The predicted molar refractivity (Wildman–Crippen MR) is 94.8 cm³/mol. The molecule has 0 bridgehead atoms. The molecule has 0 aliphatic carbocycles. The number of aryl methyl sites for hydroxylation is 2. The monoisotopic (exact) mass is 324 g/mol. The number of carbonyl (C=O) groups is 1.